The van der Waals surface area contributed by atoms with Gasteiger partial charge in [0.2, 0.25) is 5.91 Å². The molecular weight excluding hydrogens is 545 g/mol. The van der Waals surface area contributed by atoms with E-state index in [0.29, 0.717) is 33.9 Å². The lowest BCUT2D eigenvalue weighted by Crippen LogP contribution is -2.35. The molecule has 9 heteroatoms. The summed E-state index contributed by atoms with van der Waals surface area (Å²) in [5, 5.41) is 11.5. The van der Waals surface area contributed by atoms with E-state index < -0.39 is 0 Å². The first kappa shape index (κ1) is 24.2. The second kappa shape index (κ2) is 11.5. The van der Waals surface area contributed by atoms with E-state index >= 15 is 0 Å². The van der Waals surface area contributed by atoms with Crippen molar-refractivity contribution in [2.24, 2.45) is 0 Å². The van der Waals surface area contributed by atoms with E-state index in [2.05, 4.69) is 39.0 Å². The molecule has 2 N–H and O–H groups in total. The van der Waals surface area contributed by atoms with Crippen LogP contribution in [0.4, 0.5) is 11.5 Å². The van der Waals surface area contributed by atoms with Crippen LogP contribution >= 0.6 is 22.6 Å². The van der Waals surface area contributed by atoms with E-state index in [-0.39, 0.29) is 17.3 Å². The number of anilines is 2. The van der Waals surface area contributed by atoms with E-state index in [1.54, 1.807) is 30.6 Å². The molecule has 4 rings (SSSR count). The van der Waals surface area contributed by atoms with Gasteiger partial charge in [0.05, 0.1) is 5.56 Å². The number of allylic oxidation sites excluding steroid dienone is 4. The third kappa shape index (κ3) is 5.94. The molecule has 2 aliphatic rings. The molecule has 0 radical (unpaired) electrons. The number of piperidine rings is 1. The number of aromatic nitrogens is 2. The molecular formula is C25H28IN5O3. The van der Waals surface area contributed by atoms with Crippen molar-refractivity contribution in [1.29, 1.82) is 5.41 Å². The second-order valence-electron chi connectivity index (χ2n) is 8.33. The van der Waals surface area contributed by atoms with Crippen LogP contribution in [0.15, 0.2) is 54.4 Å². The van der Waals surface area contributed by atoms with Crippen LogP contribution in [0.25, 0.3) is 0 Å². The molecule has 8 nitrogen and oxygen atoms in total. The number of amides is 1. The third-order valence-corrected chi connectivity index (χ3v) is 6.23. The number of carbonyl (C=O) groups is 2. The van der Waals surface area contributed by atoms with Gasteiger partial charge < -0.3 is 15.0 Å². The number of ether oxygens (including phenoxy) is 1. The van der Waals surface area contributed by atoms with Gasteiger partial charge in [-0.1, -0.05) is 23.8 Å². The van der Waals surface area contributed by atoms with Gasteiger partial charge in [0.1, 0.15) is 10.1 Å². The Balaban J connectivity index is 1.50. The number of halogens is 1. The first-order valence-electron chi connectivity index (χ1n) is 11.5. The second-order valence-corrected chi connectivity index (χ2v) is 8.96. The molecule has 0 spiro atoms. The van der Waals surface area contributed by atoms with Gasteiger partial charge in [-0.2, -0.15) is 0 Å². The van der Waals surface area contributed by atoms with E-state index in [4.69, 9.17) is 10.1 Å². The first-order chi connectivity index (χ1) is 16.5. The van der Waals surface area contributed by atoms with Crippen molar-refractivity contribution in [2.45, 2.75) is 38.5 Å². The number of nitrogens with zero attached hydrogens (tertiary/aromatic N) is 3. The maximum atomic E-state index is 12.9. The monoisotopic (exact) mass is 573 g/mol. The van der Waals surface area contributed by atoms with E-state index in [1.807, 2.05) is 17.1 Å². The van der Waals surface area contributed by atoms with Crippen molar-refractivity contribution >= 4 is 45.9 Å². The lowest BCUT2D eigenvalue weighted by molar-refractivity contribution is 0.0723. The SMILES string of the molecule is N=c1cc(Nc2ncc(C(=O)N3CCCCC3)cc2OCI)ccn1C(=O)CC1=CC=CCC1. The van der Waals surface area contributed by atoms with Crippen LogP contribution in [-0.2, 0) is 0 Å². The fourth-order valence-electron chi connectivity index (χ4n) is 4.11. The smallest absolute Gasteiger partial charge is 0.255 e. The molecule has 0 atom stereocenters. The Morgan fingerprint density at radius 2 is 2.03 bits per heavy atom. The third-order valence-electron chi connectivity index (χ3n) is 5.92. The molecule has 1 aliphatic heterocycles. The van der Waals surface area contributed by atoms with Crippen LogP contribution in [-0.4, -0.2) is 44.0 Å². The Hall–Kier alpha value is -2.95. The van der Waals surface area contributed by atoms with Crippen molar-refractivity contribution in [3.63, 3.8) is 0 Å². The minimum absolute atomic E-state index is 0.0339. The predicted octanol–water partition coefficient (Wildman–Crippen LogP) is 4.81. The molecule has 178 valence electrons. The Bertz CT molecular complexity index is 1180. The van der Waals surface area contributed by atoms with Crippen LogP contribution in [0.3, 0.4) is 0 Å². The van der Waals surface area contributed by atoms with Crippen LogP contribution in [0, 0.1) is 5.41 Å². The summed E-state index contributed by atoms with van der Waals surface area (Å²) in [6.07, 6.45) is 14.5. The number of hydrogen-bond acceptors (Lipinski definition) is 6. The number of carbonyl (C=O) groups excluding carboxylic acids is 2. The van der Waals surface area contributed by atoms with E-state index in [0.717, 1.165) is 50.8 Å². The van der Waals surface area contributed by atoms with Gasteiger partial charge in [-0.15, -0.1) is 0 Å². The summed E-state index contributed by atoms with van der Waals surface area (Å²) in [5.41, 5.74) is 2.26. The summed E-state index contributed by atoms with van der Waals surface area (Å²) in [6, 6.07) is 5.02. The highest BCUT2D eigenvalue weighted by Crippen LogP contribution is 2.28. The standard InChI is InChI=1S/C25H28IN5O3/c26-17-34-21-14-19(25(33)30-10-5-2-6-11-30)16-28-24(21)29-20-9-12-31(22(27)15-20)23(32)13-18-7-3-1-4-8-18/h1,3,7,9,12,14-16,27H,2,4-6,8,10-11,13,17H2,(H,28,29). The van der Waals surface area contributed by atoms with Gasteiger partial charge in [-0.05, 0) is 66.8 Å². The Kier molecular flexibility index (Phi) is 8.15. The van der Waals surface area contributed by atoms with Crippen LogP contribution < -0.4 is 15.5 Å². The summed E-state index contributed by atoms with van der Waals surface area (Å²) in [5.74, 6) is 0.752. The van der Waals surface area contributed by atoms with E-state index in [9.17, 15) is 9.59 Å². The summed E-state index contributed by atoms with van der Waals surface area (Å²) < 4.78 is 7.48. The number of pyridine rings is 2. The molecule has 1 aliphatic carbocycles. The van der Waals surface area contributed by atoms with Crippen molar-refractivity contribution in [2.75, 3.05) is 23.0 Å². The lowest BCUT2D eigenvalue weighted by atomic mass is 10.0. The van der Waals surface area contributed by atoms with Crippen molar-refractivity contribution in [1.82, 2.24) is 14.5 Å². The molecule has 1 amide bonds. The predicted molar refractivity (Wildman–Crippen MR) is 139 cm³/mol. The number of nitrogens with one attached hydrogen (secondary N) is 2. The van der Waals surface area contributed by atoms with Gasteiger partial charge in [-0.3, -0.25) is 19.6 Å². The highest BCUT2D eigenvalue weighted by molar-refractivity contribution is 14.1. The lowest BCUT2D eigenvalue weighted by Gasteiger charge is -2.26. The molecule has 1 fully saturated rings. The van der Waals surface area contributed by atoms with Crippen molar-refractivity contribution in [3.8, 4) is 5.75 Å². The van der Waals surface area contributed by atoms with Gasteiger partial charge in [0.15, 0.2) is 11.6 Å². The minimum Gasteiger partial charge on any atom is -0.479 e. The molecule has 0 bridgehead atoms. The van der Waals surface area contributed by atoms with Crippen molar-refractivity contribution in [3.05, 3.63) is 65.4 Å². The molecule has 0 unspecified atom stereocenters. The van der Waals surface area contributed by atoms with Gasteiger partial charge in [0, 0.05) is 43.7 Å². The molecule has 0 aromatic carbocycles. The Labute approximate surface area is 212 Å². The average molecular weight is 573 g/mol. The normalized spacial score (nSPS) is 15.6. The maximum Gasteiger partial charge on any atom is 0.255 e. The fourth-order valence-corrected chi connectivity index (χ4v) is 4.45. The molecule has 34 heavy (non-hydrogen) atoms. The van der Waals surface area contributed by atoms with E-state index in [1.165, 1.54) is 4.57 Å². The van der Waals surface area contributed by atoms with Gasteiger partial charge >= 0.3 is 0 Å². The zero-order valence-electron chi connectivity index (χ0n) is 18.9. The zero-order valence-corrected chi connectivity index (χ0v) is 21.1. The number of rotatable bonds is 7. The molecule has 3 heterocycles. The first-order valence-corrected chi connectivity index (χ1v) is 13.0. The van der Waals surface area contributed by atoms with Crippen molar-refractivity contribution < 1.29 is 14.3 Å². The fraction of sp³-hybridized carbons (Fsp3) is 0.360. The summed E-state index contributed by atoms with van der Waals surface area (Å²) in [7, 11) is 0. The Morgan fingerprint density at radius 1 is 1.21 bits per heavy atom. The number of hydrogen-bond donors (Lipinski definition) is 2. The highest BCUT2D eigenvalue weighted by Gasteiger charge is 2.20. The minimum atomic E-state index is -0.134. The summed E-state index contributed by atoms with van der Waals surface area (Å²) >= 11 is 2.10. The Morgan fingerprint density at radius 3 is 2.74 bits per heavy atom. The highest BCUT2D eigenvalue weighted by atomic mass is 127. The molecule has 2 aromatic rings. The average Bonchev–Trinajstić information content (AvgIpc) is 2.86. The quantitative estimate of drug-likeness (QED) is 0.366. The largest absolute Gasteiger partial charge is 0.479 e. The topological polar surface area (TPSA) is 100 Å². The number of likely N-dealkylation sites (tertiary alicyclic amines) is 1. The zero-order chi connectivity index (χ0) is 23.9. The van der Waals surface area contributed by atoms with Gasteiger partial charge in [-0.25, -0.2) is 4.98 Å². The molecule has 2 aromatic heterocycles. The van der Waals surface area contributed by atoms with Gasteiger partial charge in [0.25, 0.3) is 5.91 Å². The van der Waals surface area contributed by atoms with Crippen LogP contribution in [0.1, 0.15) is 53.7 Å². The number of alkyl halides is 1. The van der Waals surface area contributed by atoms with Crippen LogP contribution in [0.5, 0.6) is 5.75 Å². The summed E-state index contributed by atoms with van der Waals surface area (Å²) in [6.45, 7) is 1.54. The molecule has 0 saturated carbocycles. The molecule has 1 saturated heterocycles. The van der Waals surface area contributed by atoms with Crippen LogP contribution in [0.2, 0.25) is 0 Å². The maximum absolute atomic E-state index is 12.9. The summed E-state index contributed by atoms with van der Waals surface area (Å²) in [4.78, 5) is 31.8.